The van der Waals surface area contributed by atoms with E-state index in [4.69, 9.17) is 0 Å². The zero-order valence-corrected chi connectivity index (χ0v) is 8.90. The van der Waals surface area contributed by atoms with E-state index in [-0.39, 0.29) is 5.41 Å². The molecule has 0 saturated heterocycles. The van der Waals surface area contributed by atoms with E-state index in [9.17, 15) is 0 Å². The number of aromatic nitrogens is 1. The summed E-state index contributed by atoms with van der Waals surface area (Å²) >= 11 is 1.71. The molecule has 0 aromatic carbocycles. The summed E-state index contributed by atoms with van der Waals surface area (Å²) in [4.78, 5) is 4.31. The molecule has 1 aromatic rings. The summed E-state index contributed by atoms with van der Waals surface area (Å²) in [5.74, 6) is 0. The maximum atomic E-state index is 4.31. The summed E-state index contributed by atoms with van der Waals surface area (Å²) < 4.78 is 0. The van der Waals surface area contributed by atoms with Crippen molar-refractivity contribution in [2.45, 2.75) is 26.8 Å². The molecular formula is C9H16N2S. The molecule has 1 heterocycles. The van der Waals surface area contributed by atoms with Crippen LogP contribution >= 0.6 is 11.3 Å². The van der Waals surface area contributed by atoms with Gasteiger partial charge in [0.2, 0.25) is 0 Å². The van der Waals surface area contributed by atoms with Crippen molar-refractivity contribution in [2.75, 3.05) is 7.05 Å². The highest BCUT2D eigenvalue weighted by Crippen LogP contribution is 2.32. The van der Waals surface area contributed by atoms with Crippen LogP contribution in [-0.4, -0.2) is 12.0 Å². The van der Waals surface area contributed by atoms with E-state index in [0.29, 0.717) is 6.04 Å². The van der Waals surface area contributed by atoms with Crippen molar-refractivity contribution in [3.63, 3.8) is 0 Å². The second-order valence-corrected chi connectivity index (χ2v) is 4.88. The minimum atomic E-state index is 0.229. The molecule has 12 heavy (non-hydrogen) atoms. The number of hydrogen-bond donors (Lipinski definition) is 1. The lowest BCUT2D eigenvalue weighted by Crippen LogP contribution is -2.29. The Hall–Kier alpha value is -0.410. The molecule has 68 valence electrons. The molecule has 0 aliphatic carbocycles. The van der Waals surface area contributed by atoms with Crippen molar-refractivity contribution < 1.29 is 0 Å². The molecule has 2 nitrogen and oxygen atoms in total. The molecule has 0 radical (unpaired) electrons. The Morgan fingerprint density at radius 3 is 2.50 bits per heavy atom. The smallest absolute Gasteiger partial charge is 0.110 e. The van der Waals surface area contributed by atoms with Gasteiger partial charge < -0.3 is 5.32 Å². The minimum Gasteiger partial charge on any atom is -0.311 e. The fraction of sp³-hybridized carbons (Fsp3) is 0.667. The molecule has 0 fully saturated rings. The predicted octanol–water partition coefficient (Wildman–Crippen LogP) is 2.45. The Morgan fingerprint density at radius 2 is 2.17 bits per heavy atom. The molecule has 0 amide bonds. The van der Waals surface area contributed by atoms with Gasteiger partial charge in [0.15, 0.2) is 0 Å². The van der Waals surface area contributed by atoms with E-state index in [1.54, 1.807) is 11.3 Å². The zero-order chi connectivity index (χ0) is 9.19. The fourth-order valence-electron chi connectivity index (χ4n) is 1.30. The van der Waals surface area contributed by atoms with Crippen LogP contribution in [0.5, 0.6) is 0 Å². The summed E-state index contributed by atoms with van der Waals surface area (Å²) in [6.45, 7) is 6.65. The molecule has 3 heteroatoms. The molecule has 0 saturated carbocycles. The number of rotatable bonds is 2. The van der Waals surface area contributed by atoms with Crippen LogP contribution in [-0.2, 0) is 0 Å². The van der Waals surface area contributed by atoms with Gasteiger partial charge in [0, 0.05) is 11.6 Å². The van der Waals surface area contributed by atoms with Gasteiger partial charge in [-0.25, -0.2) is 4.98 Å². The van der Waals surface area contributed by atoms with Crippen LogP contribution in [0.15, 0.2) is 11.6 Å². The average molecular weight is 184 g/mol. The summed E-state index contributed by atoms with van der Waals surface area (Å²) in [6.07, 6.45) is 1.86. The predicted molar refractivity (Wildman–Crippen MR) is 53.4 cm³/mol. The van der Waals surface area contributed by atoms with E-state index in [0.717, 1.165) is 0 Å². The standard InChI is InChI=1S/C9H16N2S/c1-9(2,3)7(10-4)8-11-5-6-12-8/h5-7,10H,1-4H3. The molecule has 1 N–H and O–H groups in total. The van der Waals surface area contributed by atoms with Crippen molar-refractivity contribution in [3.05, 3.63) is 16.6 Å². The lowest BCUT2D eigenvalue weighted by molar-refractivity contribution is 0.286. The Bertz CT molecular complexity index is 223. The summed E-state index contributed by atoms with van der Waals surface area (Å²) in [6, 6.07) is 0.359. The average Bonchev–Trinajstić information content (AvgIpc) is 2.38. The van der Waals surface area contributed by atoms with Crippen molar-refractivity contribution in [1.29, 1.82) is 0 Å². The number of nitrogens with zero attached hydrogens (tertiary/aromatic N) is 1. The topological polar surface area (TPSA) is 24.9 Å². The van der Waals surface area contributed by atoms with Gasteiger partial charge in [-0.1, -0.05) is 20.8 Å². The van der Waals surface area contributed by atoms with Gasteiger partial charge in [-0.3, -0.25) is 0 Å². The monoisotopic (exact) mass is 184 g/mol. The maximum absolute atomic E-state index is 4.31. The van der Waals surface area contributed by atoms with E-state index < -0.39 is 0 Å². The van der Waals surface area contributed by atoms with Crippen LogP contribution < -0.4 is 5.32 Å². The molecule has 1 atom stereocenters. The van der Waals surface area contributed by atoms with Gasteiger partial charge in [0.05, 0.1) is 6.04 Å². The van der Waals surface area contributed by atoms with Crippen molar-refractivity contribution in [2.24, 2.45) is 5.41 Å². The third-order valence-electron chi connectivity index (χ3n) is 1.85. The molecule has 1 aromatic heterocycles. The molecule has 1 unspecified atom stereocenters. The highest BCUT2D eigenvalue weighted by atomic mass is 32.1. The van der Waals surface area contributed by atoms with Crippen LogP contribution in [0.25, 0.3) is 0 Å². The van der Waals surface area contributed by atoms with E-state index in [1.807, 2.05) is 18.6 Å². The molecular weight excluding hydrogens is 168 g/mol. The third kappa shape index (κ3) is 2.05. The quantitative estimate of drug-likeness (QED) is 0.763. The number of hydrogen-bond acceptors (Lipinski definition) is 3. The van der Waals surface area contributed by atoms with Crippen LogP contribution in [0, 0.1) is 5.41 Å². The van der Waals surface area contributed by atoms with Crippen LogP contribution in [0.2, 0.25) is 0 Å². The first-order valence-corrected chi connectivity index (χ1v) is 5.00. The summed E-state index contributed by atoms with van der Waals surface area (Å²) in [7, 11) is 1.98. The Morgan fingerprint density at radius 1 is 1.50 bits per heavy atom. The first kappa shape index (κ1) is 9.68. The SMILES string of the molecule is CNC(c1nccs1)C(C)(C)C. The van der Waals surface area contributed by atoms with Crippen molar-refractivity contribution in [3.8, 4) is 0 Å². The summed E-state index contributed by atoms with van der Waals surface area (Å²) in [5, 5.41) is 6.48. The van der Waals surface area contributed by atoms with Gasteiger partial charge >= 0.3 is 0 Å². The maximum Gasteiger partial charge on any atom is 0.110 e. The lowest BCUT2D eigenvalue weighted by atomic mass is 9.87. The van der Waals surface area contributed by atoms with Crippen LogP contribution in [0.1, 0.15) is 31.8 Å². The number of thiazole rings is 1. The van der Waals surface area contributed by atoms with Gasteiger partial charge in [0.25, 0.3) is 0 Å². The highest BCUT2D eigenvalue weighted by Gasteiger charge is 2.26. The largest absolute Gasteiger partial charge is 0.311 e. The van der Waals surface area contributed by atoms with Crippen molar-refractivity contribution in [1.82, 2.24) is 10.3 Å². The first-order valence-electron chi connectivity index (χ1n) is 4.12. The second kappa shape index (κ2) is 3.54. The van der Waals surface area contributed by atoms with Crippen molar-refractivity contribution >= 4 is 11.3 Å². The Labute approximate surface area is 78.0 Å². The highest BCUT2D eigenvalue weighted by molar-refractivity contribution is 7.09. The Kier molecular flexibility index (Phi) is 2.85. The number of nitrogens with one attached hydrogen (secondary N) is 1. The summed E-state index contributed by atoms with van der Waals surface area (Å²) in [5.41, 5.74) is 0.229. The zero-order valence-electron chi connectivity index (χ0n) is 8.09. The minimum absolute atomic E-state index is 0.229. The van der Waals surface area contributed by atoms with Gasteiger partial charge in [-0.15, -0.1) is 11.3 Å². The normalized spacial score (nSPS) is 14.7. The third-order valence-corrected chi connectivity index (χ3v) is 2.69. The lowest BCUT2D eigenvalue weighted by Gasteiger charge is -2.28. The van der Waals surface area contributed by atoms with E-state index >= 15 is 0 Å². The molecule has 0 aliphatic rings. The van der Waals surface area contributed by atoms with E-state index in [2.05, 4.69) is 31.1 Å². The van der Waals surface area contributed by atoms with Gasteiger partial charge in [0.1, 0.15) is 5.01 Å². The first-order chi connectivity index (χ1) is 5.55. The molecule has 0 bridgehead atoms. The molecule has 1 rings (SSSR count). The van der Waals surface area contributed by atoms with Crippen LogP contribution in [0.4, 0.5) is 0 Å². The fourth-order valence-corrected chi connectivity index (χ4v) is 2.29. The molecule has 0 aliphatic heterocycles. The second-order valence-electron chi connectivity index (χ2n) is 3.96. The van der Waals surface area contributed by atoms with Gasteiger partial charge in [-0.05, 0) is 12.5 Å². The van der Waals surface area contributed by atoms with Crippen LogP contribution in [0.3, 0.4) is 0 Å². The van der Waals surface area contributed by atoms with Gasteiger partial charge in [-0.2, -0.15) is 0 Å². The van der Waals surface area contributed by atoms with E-state index in [1.165, 1.54) is 5.01 Å². The molecule has 0 spiro atoms. The Balaban J connectivity index is 2.84.